The van der Waals surface area contributed by atoms with Gasteiger partial charge in [-0.15, -0.1) is 0 Å². The molecule has 352 valence electrons. The van der Waals surface area contributed by atoms with Crippen LogP contribution in [-0.4, -0.2) is 6.71 Å². The molecular weight excluding hydrogens is 858 g/mol. The SMILES string of the molecule is CC1(C)CCC(C)(C)c2cc(N3c4cc5c(cc4B4c6cc7c(cc6N(c6ccccc6-c6ccccc6)c6cccc3c64)N(c3ccccc3)c3ccccc3C7(C)C)C(C)(C)CCC5(C)C)ccc21. The van der Waals surface area contributed by atoms with Crippen molar-refractivity contribution < 1.29 is 0 Å². The molecule has 0 bridgehead atoms. The average molecular weight is 924 g/mol. The van der Waals surface area contributed by atoms with Gasteiger partial charge in [0.1, 0.15) is 0 Å². The van der Waals surface area contributed by atoms with E-state index in [-0.39, 0.29) is 33.8 Å². The molecule has 0 unspecified atom stereocenters. The molecule has 0 radical (unpaired) electrons. The van der Waals surface area contributed by atoms with Crippen molar-refractivity contribution in [1.29, 1.82) is 0 Å². The van der Waals surface area contributed by atoms with Gasteiger partial charge in [-0.25, -0.2) is 0 Å². The Balaban J connectivity index is 1.16. The molecule has 13 rings (SSSR count). The van der Waals surface area contributed by atoms with E-state index in [0.717, 1.165) is 18.5 Å². The van der Waals surface area contributed by atoms with Crippen LogP contribution in [0, 0.1) is 0 Å². The van der Waals surface area contributed by atoms with Crippen molar-refractivity contribution in [2.24, 2.45) is 0 Å². The van der Waals surface area contributed by atoms with Crippen molar-refractivity contribution in [3.05, 3.63) is 203 Å². The lowest BCUT2D eigenvalue weighted by molar-refractivity contribution is 0.332. The van der Waals surface area contributed by atoms with Gasteiger partial charge in [-0.05, 0) is 163 Å². The predicted octanol–water partition coefficient (Wildman–Crippen LogP) is 16.2. The standard InChI is InChI=1S/C67H66BN3/c1-63(2)34-35-64(3,4)49-38-45(32-33-47(49)63)70-57-30-21-31-58-62(57)68(53-39-50-51(41-60(53)70)66(7,8)37-36-65(50,5)6)54-40-52-59(42-61(54)71(58)55-28-19-17-26-46(55)43-22-13-11-14-23-43)69(44-24-15-12-16-25-44)56-29-20-18-27-48(56)67(52,9)10/h11-33,38-42H,34-37H2,1-10H3. The second-order valence-corrected chi connectivity index (χ2v) is 24.7. The molecule has 5 aliphatic rings. The molecule has 0 amide bonds. The van der Waals surface area contributed by atoms with Gasteiger partial charge in [0.15, 0.2) is 0 Å². The fraction of sp³-hybridized carbons (Fsp3) is 0.284. The summed E-state index contributed by atoms with van der Waals surface area (Å²) in [4.78, 5) is 7.85. The zero-order valence-corrected chi connectivity index (χ0v) is 43.4. The Labute approximate surface area is 423 Å². The number of fused-ring (bicyclic) bond motifs is 8. The Morgan fingerprint density at radius 2 is 0.817 bits per heavy atom. The first-order valence-electron chi connectivity index (χ1n) is 26.3. The van der Waals surface area contributed by atoms with E-state index < -0.39 is 0 Å². The lowest BCUT2D eigenvalue weighted by Crippen LogP contribution is -2.62. The molecular formula is C67H66BN3. The van der Waals surface area contributed by atoms with Crippen molar-refractivity contribution in [3.8, 4) is 11.1 Å². The van der Waals surface area contributed by atoms with Gasteiger partial charge in [0.05, 0.1) is 17.1 Å². The molecule has 3 nitrogen and oxygen atoms in total. The maximum Gasteiger partial charge on any atom is 0.252 e. The normalized spacial score (nSPS) is 18.8. The van der Waals surface area contributed by atoms with Crippen molar-refractivity contribution >= 4 is 74.3 Å². The molecule has 3 aliphatic heterocycles. The van der Waals surface area contributed by atoms with Gasteiger partial charge >= 0.3 is 0 Å². The Morgan fingerprint density at radius 3 is 1.49 bits per heavy atom. The quantitative estimate of drug-likeness (QED) is 0.163. The van der Waals surface area contributed by atoms with Gasteiger partial charge < -0.3 is 14.7 Å². The first kappa shape index (κ1) is 44.2. The number of rotatable bonds is 4. The van der Waals surface area contributed by atoms with E-state index in [1.165, 1.54) is 119 Å². The fourth-order valence-corrected chi connectivity index (χ4v) is 13.8. The van der Waals surface area contributed by atoms with Gasteiger partial charge in [-0.2, -0.15) is 0 Å². The molecule has 8 aromatic carbocycles. The Kier molecular flexibility index (Phi) is 9.41. The highest BCUT2D eigenvalue weighted by atomic mass is 15.2. The van der Waals surface area contributed by atoms with Crippen LogP contribution in [0.3, 0.4) is 0 Å². The zero-order valence-electron chi connectivity index (χ0n) is 43.4. The molecule has 8 aromatic rings. The van der Waals surface area contributed by atoms with Crippen molar-refractivity contribution in [1.82, 2.24) is 0 Å². The third-order valence-electron chi connectivity index (χ3n) is 18.2. The summed E-state index contributed by atoms with van der Waals surface area (Å²) >= 11 is 0. The van der Waals surface area contributed by atoms with E-state index in [1.54, 1.807) is 0 Å². The van der Waals surface area contributed by atoms with Crippen LogP contribution < -0.4 is 31.1 Å². The highest BCUT2D eigenvalue weighted by molar-refractivity contribution is 7.00. The topological polar surface area (TPSA) is 9.72 Å². The molecule has 0 fully saturated rings. The molecule has 3 heterocycles. The molecule has 0 atom stereocenters. The Bertz CT molecular complexity index is 3490. The summed E-state index contributed by atoms with van der Waals surface area (Å²) in [7, 11) is 0. The smallest absolute Gasteiger partial charge is 0.252 e. The van der Waals surface area contributed by atoms with Gasteiger partial charge in [-0.1, -0.05) is 178 Å². The molecule has 0 saturated heterocycles. The van der Waals surface area contributed by atoms with Crippen molar-refractivity contribution in [2.75, 3.05) is 14.7 Å². The third-order valence-corrected chi connectivity index (χ3v) is 18.2. The van der Waals surface area contributed by atoms with Crippen LogP contribution >= 0.6 is 0 Å². The highest BCUT2D eigenvalue weighted by Gasteiger charge is 2.49. The fourth-order valence-electron chi connectivity index (χ4n) is 13.8. The van der Waals surface area contributed by atoms with Crippen LogP contribution in [0.5, 0.6) is 0 Å². The van der Waals surface area contributed by atoms with Gasteiger partial charge in [0.25, 0.3) is 6.71 Å². The van der Waals surface area contributed by atoms with Crippen LogP contribution in [0.4, 0.5) is 51.2 Å². The van der Waals surface area contributed by atoms with Gasteiger partial charge in [0.2, 0.25) is 0 Å². The number of benzene rings is 8. The van der Waals surface area contributed by atoms with Gasteiger partial charge in [-0.3, -0.25) is 0 Å². The van der Waals surface area contributed by atoms with Crippen LogP contribution in [0.15, 0.2) is 170 Å². The molecule has 0 N–H and O–H groups in total. The summed E-state index contributed by atoms with van der Waals surface area (Å²) in [6.07, 6.45) is 4.69. The summed E-state index contributed by atoms with van der Waals surface area (Å²) < 4.78 is 0. The Hall–Kier alpha value is -6.78. The Morgan fingerprint density at radius 1 is 0.324 bits per heavy atom. The molecule has 4 heteroatoms. The minimum Gasteiger partial charge on any atom is -0.311 e. The van der Waals surface area contributed by atoms with Crippen LogP contribution in [0.1, 0.15) is 128 Å². The van der Waals surface area contributed by atoms with Crippen molar-refractivity contribution in [3.63, 3.8) is 0 Å². The van der Waals surface area contributed by atoms with E-state index in [9.17, 15) is 0 Å². The lowest BCUT2D eigenvalue weighted by atomic mass is 9.33. The van der Waals surface area contributed by atoms with E-state index in [4.69, 9.17) is 0 Å². The third kappa shape index (κ3) is 6.41. The first-order chi connectivity index (χ1) is 34.0. The molecule has 0 aromatic heterocycles. The van der Waals surface area contributed by atoms with Crippen molar-refractivity contribution in [2.45, 2.75) is 122 Å². The first-order valence-corrected chi connectivity index (χ1v) is 26.3. The van der Waals surface area contributed by atoms with Crippen LogP contribution in [0.2, 0.25) is 0 Å². The summed E-state index contributed by atoms with van der Waals surface area (Å²) in [6.45, 7) is 24.6. The highest BCUT2D eigenvalue weighted by Crippen LogP contribution is 2.56. The molecule has 0 saturated carbocycles. The van der Waals surface area contributed by atoms with Crippen LogP contribution in [-0.2, 0) is 27.1 Å². The molecule has 71 heavy (non-hydrogen) atoms. The second-order valence-electron chi connectivity index (χ2n) is 24.7. The van der Waals surface area contributed by atoms with E-state index in [0.29, 0.717) is 0 Å². The van der Waals surface area contributed by atoms with E-state index >= 15 is 0 Å². The molecule has 0 spiro atoms. The number of hydrogen-bond acceptors (Lipinski definition) is 3. The van der Waals surface area contributed by atoms with E-state index in [2.05, 4.69) is 254 Å². The largest absolute Gasteiger partial charge is 0.311 e. The number of hydrogen-bond donors (Lipinski definition) is 0. The van der Waals surface area contributed by atoms with Crippen LogP contribution in [0.25, 0.3) is 11.1 Å². The van der Waals surface area contributed by atoms with E-state index in [1.807, 2.05) is 0 Å². The molecule has 2 aliphatic carbocycles. The summed E-state index contributed by atoms with van der Waals surface area (Å²) in [5.41, 5.74) is 26.3. The predicted molar refractivity (Wildman–Crippen MR) is 303 cm³/mol. The number of para-hydroxylation sites is 3. The summed E-state index contributed by atoms with van der Waals surface area (Å²) in [5, 5.41) is 0. The monoisotopic (exact) mass is 924 g/mol. The number of anilines is 9. The summed E-state index contributed by atoms with van der Waals surface area (Å²) in [5.74, 6) is 0. The van der Waals surface area contributed by atoms with Gasteiger partial charge in [0, 0.05) is 45.1 Å². The minimum absolute atomic E-state index is 0.0230. The summed E-state index contributed by atoms with van der Waals surface area (Å²) in [6, 6.07) is 65.5. The minimum atomic E-state index is -0.284. The second kappa shape index (κ2) is 15.1. The maximum atomic E-state index is 2.70. The maximum absolute atomic E-state index is 2.70. The average Bonchev–Trinajstić information content (AvgIpc) is 3.37. The number of nitrogens with zero attached hydrogens (tertiary/aromatic N) is 3. The zero-order chi connectivity index (χ0) is 49.0. The lowest BCUT2D eigenvalue weighted by Gasteiger charge is -2.49.